The van der Waals surface area contributed by atoms with Crippen LogP contribution in [0.2, 0.25) is 0 Å². The lowest BCUT2D eigenvalue weighted by Crippen LogP contribution is -2.35. The van der Waals surface area contributed by atoms with Crippen LogP contribution in [0.3, 0.4) is 0 Å². The number of anilines is 1. The van der Waals surface area contributed by atoms with Crippen LogP contribution in [0.4, 0.5) is 5.82 Å². The molecule has 0 unspecified atom stereocenters. The van der Waals surface area contributed by atoms with E-state index in [1.165, 1.54) is 5.56 Å². The molecule has 2 heterocycles. The molecule has 0 aliphatic rings. The Morgan fingerprint density at radius 1 is 1.24 bits per heavy atom. The van der Waals surface area contributed by atoms with Crippen LogP contribution < -0.4 is 10.2 Å². The Bertz CT molecular complexity index is 570. The minimum Gasteiger partial charge on any atom is -0.467 e. The van der Waals surface area contributed by atoms with Crippen LogP contribution in [0.25, 0.3) is 0 Å². The van der Waals surface area contributed by atoms with E-state index in [4.69, 9.17) is 9.40 Å². The fourth-order valence-corrected chi connectivity index (χ4v) is 2.05. The minimum absolute atomic E-state index is 0.112. The number of hydrogen-bond donors (Lipinski definition) is 1. The highest BCUT2D eigenvalue weighted by atomic mass is 16.3. The normalized spacial score (nSPS) is 11.7. The maximum atomic E-state index is 5.38. The van der Waals surface area contributed by atoms with Gasteiger partial charge in [0.25, 0.3) is 0 Å². The summed E-state index contributed by atoms with van der Waals surface area (Å²) in [6.07, 6.45) is 1.70. The number of hydrogen-bond acceptors (Lipinski definition) is 4. The Hall–Kier alpha value is -1.81. The number of nitrogens with zero attached hydrogens (tertiary/aromatic N) is 2. The van der Waals surface area contributed by atoms with Gasteiger partial charge in [0.15, 0.2) is 0 Å². The highest BCUT2D eigenvalue weighted by molar-refractivity contribution is 5.41. The zero-order chi connectivity index (χ0) is 15.5. The quantitative estimate of drug-likeness (QED) is 0.913. The molecule has 0 aliphatic carbocycles. The number of nitrogens with one attached hydrogen (secondary N) is 1. The summed E-state index contributed by atoms with van der Waals surface area (Å²) >= 11 is 0. The van der Waals surface area contributed by atoms with Crippen molar-refractivity contribution < 1.29 is 4.42 Å². The molecule has 0 amide bonds. The van der Waals surface area contributed by atoms with E-state index in [9.17, 15) is 0 Å². The molecule has 0 atom stereocenters. The van der Waals surface area contributed by atoms with Crippen LogP contribution in [0, 0.1) is 6.92 Å². The average molecular weight is 287 g/mol. The predicted octanol–water partition coefficient (Wildman–Crippen LogP) is 3.51. The van der Waals surface area contributed by atoms with Crippen LogP contribution in [-0.4, -0.2) is 17.6 Å². The van der Waals surface area contributed by atoms with Crippen molar-refractivity contribution in [2.45, 2.75) is 46.3 Å². The first kappa shape index (κ1) is 15.6. The van der Waals surface area contributed by atoms with E-state index in [1.807, 2.05) is 19.2 Å². The number of rotatable bonds is 5. The molecular formula is C17H25N3O. The maximum absolute atomic E-state index is 5.38. The second-order valence-electron chi connectivity index (χ2n) is 6.45. The smallest absolute Gasteiger partial charge is 0.128 e. The molecule has 2 rings (SSSR count). The molecule has 0 spiro atoms. The van der Waals surface area contributed by atoms with Crippen molar-refractivity contribution in [3.05, 3.63) is 47.5 Å². The van der Waals surface area contributed by atoms with E-state index >= 15 is 0 Å². The van der Waals surface area contributed by atoms with Crippen LogP contribution in [0.5, 0.6) is 0 Å². The van der Waals surface area contributed by atoms with Crippen molar-refractivity contribution >= 4 is 5.82 Å². The van der Waals surface area contributed by atoms with Crippen LogP contribution >= 0.6 is 0 Å². The molecule has 0 saturated carbocycles. The third-order valence-corrected chi connectivity index (χ3v) is 3.35. The predicted molar refractivity (Wildman–Crippen MR) is 86.4 cm³/mol. The highest BCUT2D eigenvalue weighted by Gasteiger charge is 2.11. The van der Waals surface area contributed by atoms with Crippen molar-refractivity contribution in [2.75, 3.05) is 11.9 Å². The fraction of sp³-hybridized carbons (Fsp3) is 0.471. The molecule has 0 radical (unpaired) electrons. The van der Waals surface area contributed by atoms with Crippen LogP contribution in [0.15, 0.2) is 34.9 Å². The molecule has 0 bridgehead atoms. The molecular weight excluding hydrogens is 262 g/mol. The molecule has 0 fully saturated rings. The first-order valence-electron chi connectivity index (χ1n) is 7.30. The van der Waals surface area contributed by atoms with Crippen molar-refractivity contribution in [1.82, 2.24) is 10.3 Å². The lowest BCUT2D eigenvalue weighted by molar-refractivity contribution is 0.423. The highest BCUT2D eigenvalue weighted by Crippen LogP contribution is 2.17. The Balaban J connectivity index is 2.04. The van der Waals surface area contributed by atoms with Gasteiger partial charge in [-0.25, -0.2) is 4.98 Å². The van der Waals surface area contributed by atoms with Gasteiger partial charge in [0, 0.05) is 24.8 Å². The molecule has 4 nitrogen and oxygen atoms in total. The summed E-state index contributed by atoms with van der Waals surface area (Å²) in [5, 5.41) is 3.50. The molecule has 2 aromatic rings. The molecule has 1 N–H and O–H groups in total. The number of furan rings is 1. The monoisotopic (exact) mass is 287 g/mol. The van der Waals surface area contributed by atoms with Gasteiger partial charge in [-0.1, -0.05) is 6.07 Å². The summed E-state index contributed by atoms with van der Waals surface area (Å²) in [7, 11) is 2.03. The van der Waals surface area contributed by atoms with Gasteiger partial charge < -0.3 is 14.6 Å². The number of pyridine rings is 1. The van der Waals surface area contributed by atoms with E-state index in [-0.39, 0.29) is 5.54 Å². The molecule has 0 aliphatic heterocycles. The van der Waals surface area contributed by atoms with E-state index in [0.29, 0.717) is 0 Å². The summed E-state index contributed by atoms with van der Waals surface area (Å²) in [5.41, 5.74) is 2.41. The van der Waals surface area contributed by atoms with Gasteiger partial charge in [-0.05, 0) is 51.5 Å². The van der Waals surface area contributed by atoms with Gasteiger partial charge in [-0.3, -0.25) is 0 Å². The summed E-state index contributed by atoms with van der Waals surface area (Å²) < 4.78 is 5.38. The van der Waals surface area contributed by atoms with Crippen molar-refractivity contribution in [2.24, 2.45) is 0 Å². The van der Waals surface area contributed by atoms with Gasteiger partial charge >= 0.3 is 0 Å². The van der Waals surface area contributed by atoms with E-state index in [2.05, 4.69) is 50.0 Å². The number of aryl methyl sites for hydroxylation is 1. The Labute approximate surface area is 127 Å². The van der Waals surface area contributed by atoms with Gasteiger partial charge in [0.2, 0.25) is 0 Å². The second-order valence-corrected chi connectivity index (χ2v) is 6.45. The fourth-order valence-electron chi connectivity index (χ4n) is 2.05. The maximum Gasteiger partial charge on any atom is 0.128 e. The second kappa shape index (κ2) is 6.31. The Kier molecular flexibility index (Phi) is 4.68. The molecule has 0 saturated heterocycles. The molecule has 4 heteroatoms. The Morgan fingerprint density at radius 3 is 2.57 bits per heavy atom. The van der Waals surface area contributed by atoms with E-state index in [1.54, 1.807) is 6.26 Å². The Morgan fingerprint density at radius 2 is 2.00 bits per heavy atom. The lowest BCUT2D eigenvalue weighted by Gasteiger charge is -2.22. The summed E-state index contributed by atoms with van der Waals surface area (Å²) in [4.78, 5) is 6.79. The summed E-state index contributed by atoms with van der Waals surface area (Å²) in [5.74, 6) is 1.90. The molecule has 21 heavy (non-hydrogen) atoms. The molecule has 2 aromatic heterocycles. The third-order valence-electron chi connectivity index (χ3n) is 3.35. The van der Waals surface area contributed by atoms with Gasteiger partial charge in [-0.2, -0.15) is 0 Å². The summed E-state index contributed by atoms with van der Waals surface area (Å²) in [6, 6.07) is 8.10. The van der Waals surface area contributed by atoms with E-state index < -0.39 is 0 Å². The zero-order valence-corrected chi connectivity index (χ0v) is 13.6. The molecule has 114 valence electrons. The number of aromatic nitrogens is 1. The lowest BCUT2D eigenvalue weighted by atomic mass is 10.1. The first-order chi connectivity index (χ1) is 9.85. The minimum atomic E-state index is 0.112. The van der Waals surface area contributed by atoms with Crippen LogP contribution in [0.1, 0.15) is 37.8 Å². The summed E-state index contributed by atoms with van der Waals surface area (Å²) in [6.45, 7) is 10.1. The van der Waals surface area contributed by atoms with Crippen molar-refractivity contribution in [3.63, 3.8) is 0 Å². The topological polar surface area (TPSA) is 41.3 Å². The van der Waals surface area contributed by atoms with Gasteiger partial charge in [0.05, 0.1) is 12.8 Å². The van der Waals surface area contributed by atoms with Crippen LogP contribution in [-0.2, 0) is 13.1 Å². The van der Waals surface area contributed by atoms with E-state index in [0.717, 1.165) is 30.4 Å². The first-order valence-corrected chi connectivity index (χ1v) is 7.30. The van der Waals surface area contributed by atoms with Crippen molar-refractivity contribution in [1.29, 1.82) is 0 Å². The van der Waals surface area contributed by atoms with Gasteiger partial charge in [-0.15, -0.1) is 0 Å². The standard InChI is InChI=1S/C17H25N3O/c1-13-14(11-18-17(2,3)4)8-9-16(19-13)20(5)12-15-7-6-10-21-15/h6-10,18H,11-12H2,1-5H3. The zero-order valence-electron chi connectivity index (χ0n) is 13.6. The SMILES string of the molecule is Cc1nc(N(C)Cc2ccco2)ccc1CNC(C)(C)C. The average Bonchev–Trinajstić information content (AvgIpc) is 2.89. The molecule has 0 aromatic carbocycles. The third kappa shape index (κ3) is 4.60. The largest absolute Gasteiger partial charge is 0.467 e. The van der Waals surface area contributed by atoms with Crippen molar-refractivity contribution in [3.8, 4) is 0 Å². The van der Waals surface area contributed by atoms with Gasteiger partial charge in [0.1, 0.15) is 11.6 Å².